The molecule has 1 aromatic carbocycles. The van der Waals surface area contributed by atoms with Crippen molar-refractivity contribution in [1.82, 2.24) is 9.88 Å². The lowest BCUT2D eigenvalue weighted by atomic mass is 10.1. The summed E-state index contributed by atoms with van der Waals surface area (Å²) < 4.78 is 5.44. The normalized spacial score (nSPS) is 19.8. The molecule has 0 saturated carbocycles. The first-order valence-electron chi connectivity index (χ1n) is 6.43. The molecule has 0 spiro atoms. The van der Waals surface area contributed by atoms with Gasteiger partial charge in [0.25, 0.3) is 0 Å². The molecule has 1 aromatic heterocycles. The molecule has 18 heavy (non-hydrogen) atoms. The fourth-order valence-electron chi connectivity index (χ4n) is 2.52. The van der Waals surface area contributed by atoms with Gasteiger partial charge in [0.05, 0.1) is 6.61 Å². The van der Waals surface area contributed by atoms with Crippen molar-refractivity contribution in [2.24, 2.45) is 0 Å². The van der Waals surface area contributed by atoms with E-state index in [4.69, 9.17) is 4.74 Å². The maximum Gasteiger partial charge on any atom is 0.0622 e. The molecule has 1 aliphatic rings. The van der Waals surface area contributed by atoms with Crippen LogP contribution in [-0.4, -0.2) is 36.2 Å². The van der Waals surface area contributed by atoms with Gasteiger partial charge >= 0.3 is 0 Å². The minimum absolute atomic E-state index is 0.568. The summed E-state index contributed by atoms with van der Waals surface area (Å²) in [5, 5.41) is 2.46. The van der Waals surface area contributed by atoms with Crippen LogP contribution in [0.25, 0.3) is 10.8 Å². The van der Waals surface area contributed by atoms with E-state index in [1.807, 2.05) is 12.4 Å². The Morgan fingerprint density at radius 3 is 3.11 bits per heavy atom. The number of ether oxygens (including phenoxy) is 1. The summed E-state index contributed by atoms with van der Waals surface area (Å²) in [6.45, 7) is 2.75. The SMILES string of the molecule is CN(Cc1ccc2cnccc2c1)C1CCOC1. The average molecular weight is 242 g/mol. The predicted molar refractivity (Wildman–Crippen MR) is 72.4 cm³/mol. The lowest BCUT2D eigenvalue weighted by Crippen LogP contribution is -2.31. The average Bonchev–Trinajstić information content (AvgIpc) is 2.92. The molecule has 3 rings (SSSR count). The Morgan fingerprint density at radius 2 is 2.28 bits per heavy atom. The first-order chi connectivity index (χ1) is 8.83. The molecular weight excluding hydrogens is 224 g/mol. The van der Waals surface area contributed by atoms with Gasteiger partial charge in [-0.15, -0.1) is 0 Å². The van der Waals surface area contributed by atoms with Crippen LogP contribution >= 0.6 is 0 Å². The van der Waals surface area contributed by atoms with E-state index < -0.39 is 0 Å². The first kappa shape index (κ1) is 11.6. The van der Waals surface area contributed by atoms with E-state index in [-0.39, 0.29) is 0 Å². The largest absolute Gasteiger partial charge is 0.380 e. The van der Waals surface area contributed by atoms with Gasteiger partial charge in [-0.2, -0.15) is 0 Å². The second-order valence-corrected chi connectivity index (χ2v) is 4.99. The Morgan fingerprint density at radius 1 is 1.33 bits per heavy atom. The highest BCUT2D eigenvalue weighted by molar-refractivity contribution is 5.81. The van der Waals surface area contributed by atoms with Crippen LogP contribution in [0.2, 0.25) is 0 Å². The molecule has 0 N–H and O–H groups in total. The maximum atomic E-state index is 5.44. The second-order valence-electron chi connectivity index (χ2n) is 4.99. The molecule has 1 atom stereocenters. The minimum Gasteiger partial charge on any atom is -0.380 e. The van der Waals surface area contributed by atoms with Gasteiger partial charge in [0.2, 0.25) is 0 Å². The summed E-state index contributed by atoms with van der Waals surface area (Å²) in [6, 6.07) is 9.23. The zero-order chi connectivity index (χ0) is 12.4. The van der Waals surface area contributed by atoms with Crippen molar-refractivity contribution in [2.75, 3.05) is 20.3 Å². The molecule has 0 aliphatic carbocycles. The van der Waals surface area contributed by atoms with Gasteiger partial charge in [-0.25, -0.2) is 0 Å². The number of hydrogen-bond donors (Lipinski definition) is 0. The standard InChI is InChI=1S/C15H18N2O/c1-17(15-5-7-18-11-15)10-12-2-3-14-9-16-6-4-13(14)8-12/h2-4,6,8-9,15H,5,7,10-11H2,1H3. The highest BCUT2D eigenvalue weighted by Gasteiger charge is 2.20. The lowest BCUT2D eigenvalue weighted by molar-refractivity contribution is 0.156. The van der Waals surface area contributed by atoms with Crippen LogP contribution in [0.5, 0.6) is 0 Å². The van der Waals surface area contributed by atoms with E-state index in [2.05, 4.69) is 41.2 Å². The summed E-state index contributed by atoms with van der Waals surface area (Å²) in [6.07, 6.45) is 4.91. The third-order valence-electron chi connectivity index (χ3n) is 3.67. The van der Waals surface area contributed by atoms with Crippen LogP contribution < -0.4 is 0 Å². The molecular formula is C15H18N2O. The van der Waals surface area contributed by atoms with Crippen LogP contribution in [0.4, 0.5) is 0 Å². The van der Waals surface area contributed by atoms with Crippen molar-refractivity contribution in [1.29, 1.82) is 0 Å². The molecule has 94 valence electrons. The Balaban J connectivity index is 1.77. The van der Waals surface area contributed by atoms with E-state index in [1.165, 1.54) is 16.3 Å². The molecule has 3 nitrogen and oxygen atoms in total. The molecule has 1 fully saturated rings. The third kappa shape index (κ3) is 2.37. The van der Waals surface area contributed by atoms with Gasteiger partial charge in [0.1, 0.15) is 0 Å². The highest BCUT2D eigenvalue weighted by atomic mass is 16.5. The Kier molecular flexibility index (Phi) is 3.26. The number of likely N-dealkylation sites (N-methyl/N-ethyl adjacent to an activating group) is 1. The van der Waals surface area contributed by atoms with Gasteiger partial charge < -0.3 is 4.74 Å². The topological polar surface area (TPSA) is 25.4 Å². The third-order valence-corrected chi connectivity index (χ3v) is 3.67. The van der Waals surface area contributed by atoms with Crippen LogP contribution in [0.1, 0.15) is 12.0 Å². The Hall–Kier alpha value is -1.45. The predicted octanol–water partition coefficient (Wildman–Crippen LogP) is 2.46. The maximum absolute atomic E-state index is 5.44. The van der Waals surface area contributed by atoms with E-state index >= 15 is 0 Å². The fraction of sp³-hybridized carbons (Fsp3) is 0.400. The number of rotatable bonds is 3. The molecule has 3 heteroatoms. The van der Waals surface area contributed by atoms with Gasteiger partial charge in [0.15, 0.2) is 0 Å². The lowest BCUT2D eigenvalue weighted by Gasteiger charge is -2.22. The van der Waals surface area contributed by atoms with Gasteiger partial charge in [-0.1, -0.05) is 12.1 Å². The molecule has 0 bridgehead atoms. The van der Waals surface area contributed by atoms with Crippen LogP contribution in [-0.2, 0) is 11.3 Å². The van der Waals surface area contributed by atoms with Crippen molar-refractivity contribution >= 4 is 10.8 Å². The number of hydrogen-bond acceptors (Lipinski definition) is 3. The van der Waals surface area contributed by atoms with Crippen molar-refractivity contribution < 1.29 is 4.74 Å². The molecule has 0 radical (unpaired) electrons. The smallest absolute Gasteiger partial charge is 0.0622 e. The summed E-state index contributed by atoms with van der Waals surface area (Å²) in [5.41, 5.74) is 1.35. The van der Waals surface area contributed by atoms with Crippen LogP contribution in [0.3, 0.4) is 0 Å². The number of fused-ring (bicyclic) bond motifs is 1. The molecule has 0 amide bonds. The van der Waals surface area contributed by atoms with Gasteiger partial charge in [-0.05, 0) is 36.6 Å². The van der Waals surface area contributed by atoms with Crippen molar-refractivity contribution in [2.45, 2.75) is 19.0 Å². The minimum atomic E-state index is 0.568. The van der Waals surface area contributed by atoms with Crippen LogP contribution in [0, 0.1) is 0 Å². The van der Waals surface area contributed by atoms with E-state index in [0.29, 0.717) is 6.04 Å². The Bertz CT molecular complexity index is 535. The second kappa shape index (κ2) is 5.04. The monoisotopic (exact) mass is 242 g/mol. The summed E-state index contributed by atoms with van der Waals surface area (Å²) >= 11 is 0. The van der Waals surface area contributed by atoms with Gasteiger partial charge in [-0.3, -0.25) is 9.88 Å². The quantitative estimate of drug-likeness (QED) is 0.826. The zero-order valence-corrected chi connectivity index (χ0v) is 10.7. The number of aromatic nitrogens is 1. The Labute approximate surface area is 107 Å². The molecule has 2 aromatic rings. The fourth-order valence-corrected chi connectivity index (χ4v) is 2.52. The number of benzene rings is 1. The zero-order valence-electron chi connectivity index (χ0n) is 10.7. The van der Waals surface area contributed by atoms with Crippen molar-refractivity contribution in [3.05, 3.63) is 42.2 Å². The van der Waals surface area contributed by atoms with E-state index in [1.54, 1.807) is 0 Å². The summed E-state index contributed by atoms with van der Waals surface area (Å²) in [5.74, 6) is 0. The number of pyridine rings is 1. The molecule has 1 aliphatic heterocycles. The summed E-state index contributed by atoms with van der Waals surface area (Å²) in [4.78, 5) is 6.52. The van der Waals surface area contributed by atoms with E-state index in [0.717, 1.165) is 26.2 Å². The number of nitrogens with zero attached hydrogens (tertiary/aromatic N) is 2. The summed E-state index contributed by atoms with van der Waals surface area (Å²) in [7, 11) is 2.18. The highest BCUT2D eigenvalue weighted by Crippen LogP contribution is 2.18. The molecule has 2 heterocycles. The van der Waals surface area contributed by atoms with E-state index in [9.17, 15) is 0 Å². The molecule has 1 saturated heterocycles. The molecule has 1 unspecified atom stereocenters. The van der Waals surface area contributed by atoms with Gasteiger partial charge in [0, 0.05) is 37.0 Å². The van der Waals surface area contributed by atoms with Crippen molar-refractivity contribution in [3.63, 3.8) is 0 Å². The van der Waals surface area contributed by atoms with Crippen molar-refractivity contribution in [3.8, 4) is 0 Å². The van der Waals surface area contributed by atoms with Crippen LogP contribution in [0.15, 0.2) is 36.7 Å². The first-order valence-corrected chi connectivity index (χ1v) is 6.43.